The fourth-order valence-corrected chi connectivity index (χ4v) is 3.09. The van der Waals surface area contributed by atoms with Gasteiger partial charge in [0.05, 0.1) is 12.6 Å². The van der Waals surface area contributed by atoms with E-state index >= 15 is 0 Å². The molecule has 0 bridgehead atoms. The van der Waals surface area contributed by atoms with Crippen molar-refractivity contribution in [3.05, 3.63) is 23.8 Å². The summed E-state index contributed by atoms with van der Waals surface area (Å²) < 4.78 is 11.2. The van der Waals surface area contributed by atoms with Crippen LogP contribution in [0.25, 0.3) is 0 Å². The maximum atomic E-state index is 9.03. The van der Waals surface area contributed by atoms with Gasteiger partial charge in [-0.25, -0.2) is 0 Å². The van der Waals surface area contributed by atoms with E-state index in [0.29, 0.717) is 25.8 Å². The number of hydrogen-bond acceptors (Lipinski definition) is 4. The molecule has 0 amide bonds. The molecule has 1 aliphatic carbocycles. The maximum Gasteiger partial charge on any atom is 0.161 e. The first-order valence-electron chi connectivity index (χ1n) is 7.36. The van der Waals surface area contributed by atoms with Gasteiger partial charge in [0.15, 0.2) is 11.5 Å². The summed E-state index contributed by atoms with van der Waals surface area (Å²) in [5.41, 5.74) is 1.19. The van der Waals surface area contributed by atoms with Crippen molar-refractivity contribution in [3.8, 4) is 17.6 Å². The molecule has 106 valence electrons. The van der Waals surface area contributed by atoms with Gasteiger partial charge in [0.25, 0.3) is 0 Å². The van der Waals surface area contributed by atoms with Gasteiger partial charge in [-0.1, -0.05) is 18.9 Å². The Balaban J connectivity index is 1.72. The molecule has 1 fully saturated rings. The summed E-state index contributed by atoms with van der Waals surface area (Å²) in [5.74, 6) is 1.66. The fraction of sp³-hybridized carbons (Fsp3) is 0.562. The number of nitriles is 1. The van der Waals surface area contributed by atoms with Crippen molar-refractivity contribution < 1.29 is 9.47 Å². The highest BCUT2D eigenvalue weighted by Crippen LogP contribution is 2.32. The number of nitrogens with zero attached hydrogens (tertiary/aromatic N) is 2. The smallest absolute Gasteiger partial charge is 0.161 e. The second-order valence-electron chi connectivity index (χ2n) is 5.48. The number of rotatable bonds is 4. The third-order valence-electron chi connectivity index (χ3n) is 4.11. The lowest BCUT2D eigenvalue weighted by Crippen LogP contribution is -2.33. The summed E-state index contributed by atoms with van der Waals surface area (Å²) in [6, 6.07) is 8.96. The SMILES string of the molecule is N#CCN(Cc1ccc2c(c1)OCCO2)C1CCCC1. The molecule has 0 N–H and O–H groups in total. The molecule has 4 heteroatoms. The number of benzene rings is 1. The van der Waals surface area contributed by atoms with Crippen molar-refractivity contribution in [1.82, 2.24) is 4.90 Å². The highest BCUT2D eigenvalue weighted by atomic mass is 16.6. The molecular formula is C16H20N2O2. The molecule has 1 heterocycles. The zero-order chi connectivity index (χ0) is 13.8. The van der Waals surface area contributed by atoms with Crippen LogP contribution in [0.4, 0.5) is 0 Å². The predicted molar refractivity (Wildman–Crippen MR) is 75.7 cm³/mol. The van der Waals surface area contributed by atoms with E-state index in [-0.39, 0.29) is 0 Å². The van der Waals surface area contributed by atoms with Crippen molar-refractivity contribution in [2.75, 3.05) is 19.8 Å². The van der Waals surface area contributed by atoms with Gasteiger partial charge < -0.3 is 9.47 Å². The molecule has 2 aliphatic rings. The number of fused-ring (bicyclic) bond motifs is 1. The van der Waals surface area contributed by atoms with Gasteiger partial charge in [-0.05, 0) is 30.5 Å². The quantitative estimate of drug-likeness (QED) is 0.791. The van der Waals surface area contributed by atoms with Crippen LogP contribution in [0.3, 0.4) is 0 Å². The first-order valence-corrected chi connectivity index (χ1v) is 7.36. The summed E-state index contributed by atoms with van der Waals surface area (Å²) in [6.07, 6.45) is 5.00. The van der Waals surface area contributed by atoms with Gasteiger partial charge in [-0.15, -0.1) is 0 Å². The maximum absolute atomic E-state index is 9.03. The van der Waals surface area contributed by atoms with E-state index in [9.17, 15) is 0 Å². The van der Waals surface area contributed by atoms with Crippen LogP contribution < -0.4 is 9.47 Å². The Morgan fingerprint density at radius 1 is 1.15 bits per heavy atom. The van der Waals surface area contributed by atoms with Crippen LogP contribution in [0.1, 0.15) is 31.2 Å². The molecule has 3 rings (SSSR count). The average Bonchev–Trinajstić information content (AvgIpc) is 3.01. The Hall–Kier alpha value is -1.73. The summed E-state index contributed by atoms with van der Waals surface area (Å²) in [6.45, 7) is 2.55. The molecule has 1 aromatic carbocycles. The largest absolute Gasteiger partial charge is 0.486 e. The van der Waals surface area contributed by atoms with Gasteiger partial charge in [0.1, 0.15) is 13.2 Å². The first kappa shape index (κ1) is 13.3. The van der Waals surface area contributed by atoms with Crippen molar-refractivity contribution in [3.63, 3.8) is 0 Å². The molecule has 20 heavy (non-hydrogen) atoms. The predicted octanol–water partition coefficient (Wildman–Crippen LogP) is 2.73. The first-order chi connectivity index (χ1) is 9.86. The number of hydrogen-bond donors (Lipinski definition) is 0. The zero-order valence-corrected chi connectivity index (χ0v) is 11.7. The summed E-state index contributed by atoms with van der Waals surface area (Å²) in [7, 11) is 0. The van der Waals surface area contributed by atoms with Crippen LogP contribution >= 0.6 is 0 Å². The second kappa shape index (κ2) is 6.15. The van der Waals surface area contributed by atoms with Crippen LogP contribution in [0.15, 0.2) is 18.2 Å². The Labute approximate surface area is 119 Å². The van der Waals surface area contributed by atoms with Crippen LogP contribution in [0.5, 0.6) is 11.5 Å². The molecule has 1 aromatic rings. The molecule has 0 saturated heterocycles. The summed E-state index contributed by atoms with van der Waals surface area (Å²) in [5, 5.41) is 9.03. The average molecular weight is 272 g/mol. The third kappa shape index (κ3) is 2.88. The molecule has 0 unspecified atom stereocenters. The molecule has 1 saturated carbocycles. The van der Waals surface area contributed by atoms with E-state index in [0.717, 1.165) is 18.0 Å². The van der Waals surface area contributed by atoms with E-state index in [4.69, 9.17) is 14.7 Å². The monoisotopic (exact) mass is 272 g/mol. The standard InChI is InChI=1S/C16H20N2O2/c17-7-8-18(14-3-1-2-4-14)12-13-5-6-15-16(11-13)20-10-9-19-15/h5-6,11,14H,1-4,8-10,12H2. The van der Waals surface area contributed by atoms with E-state index in [1.165, 1.54) is 31.2 Å². The Bertz CT molecular complexity index is 504. The van der Waals surface area contributed by atoms with Crippen LogP contribution in [-0.2, 0) is 6.54 Å². The highest BCUT2D eigenvalue weighted by Gasteiger charge is 2.23. The Morgan fingerprint density at radius 2 is 1.90 bits per heavy atom. The molecule has 0 radical (unpaired) electrons. The van der Waals surface area contributed by atoms with Gasteiger partial charge in [0.2, 0.25) is 0 Å². The molecule has 1 aliphatic heterocycles. The van der Waals surface area contributed by atoms with Crippen molar-refractivity contribution in [1.29, 1.82) is 5.26 Å². The molecule has 0 spiro atoms. The van der Waals surface area contributed by atoms with Gasteiger partial charge in [-0.3, -0.25) is 4.90 Å². The van der Waals surface area contributed by atoms with E-state index in [1.807, 2.05) is 12.1 Å². The molecule has 4 nitrogen and oxygen atoms in total. The minimum Gasteiger partial charge on any atom is -0.486 e. The lowest BCUT2D eigenvalue weighted by atomic mass is 10.1. The molecule has 0 aromatic heterocycles. The van der Waals surface area contributed by atoms with Crippen molar-refractivity contribution in [2.24, 2.45) is 0 Å². The van der Waals surface area contributed by atoms with Gasteiger partial charge >= 0.3 is 0 Å². The third-order valence-corrected chi connectivity index (χ3v) is 4.11. The van der Waals surface area contributed by atoms with Crippen molar-refractivity contribution in [2.45, 2.75) is 38.3 Å². The Morgan fingerprint density at radius 3 is 2.65 bits per heavy atom. The lowest BCUT2D eigenvalue weighted by molar-refractivity contribution is 0.170. The van der Waals surface area contributed by atoms with Crippen LogP contribution in [0.2, 0.25) is 0 Å². The van der Waals surface area contributed by atoms with E-state index in [1.54, 1.807) is 0 Å². The molecular weight excluding hydrogens is 252 g/mol. The number of ether oxygens (including phenoxy) is 2. The zero-order valence-electron chi connectivity index (χ0n) is 11.7. The Kier molecular flexibility index (Phi) is 4.08. The van der Waals surface area contributed by atoms with Crippen molar-refractivity contribution >= 4 is 0 Å². The minimum atomic E-state index is 0.499. The minimum absolute atomic E-state index is 0.499. The normalized spacial score (nSPS) is 18.2. The lowest BCUT2D eigenvalue weighted by Gasteiger charge is -2.27. The highest BCUT2D eigenvalue weighted by molar-refractivity contribution is 5.43. The topological polar surface area (TPSA) is 45.5 Å². The van der Waals surface area contributed by atoms with Crippen LogP contribution in [-0.4, -0.2) is 30.7 Å². The van der Waals surface area contributed by atoms with E-state index in [2.05, 4.69) is 17.0 Å². The van der Waals surface area contributed by atoms with Crippen LogP contribution in [0, 0.1) is 11.3 Å². The van der Waals surface area contributed by atoms with Gasteiger partial charge in [-0.2, -0.15) is 5.26 Å². The fourth-order valence-electron chi connectivity index (χ4n) is 3.09. The summed E-state index contributed by atoms with van der Waals surface area (Å²) in [4.78, 5) is 2.29. The van der Waals surface area contributed by atoms with E-state index < -0.39 is 0 Å². The molecule has 0 atom stereocenters. The second-order valence-corrected chi connectivity index (χ2v) is 5.48. The van der Waals surface area contributed by atoms with Gasteiger partial charge in [0, 0.05) is 12.6 Å². The summed E-state index contributed by atoms with van der Waals surface area (Å²) >= 11 is 0.